The van der Waals surface area contributed by atoms with E-state index in [0.717, 1.165) is 6.42 Å². The quantitative estimate of drug-likeness (QED) is 0.767. The Kier molecular flexibility index (Phi) is 5.53. The lowest BCUT2D eigenvalue weighted by atomic mass is 10.1. The summed E-state index contributed by atoms with van der Waals surface area (Å²) in [5, 5.41) is 2.40. The molecule has 0 atom stereocenters. The minimum absolute atomic E-state index is 0.158. The first-order chi connectivity index (χ1) is 10.5. The second-order valence-electron chi connectivity index (χ2n) is 5.05. The van der Waals surface area contributed by atoms with Crippen molar-refractivity contribution in [3.05, 3.63) is 23.0 Å². The van der Waals surface area contributed by atoms with Crippen LogP contribution in [0.2, 0.25) is 0 Å². The van der Waals surface area contributed by atoms with Gasteiger partial charge in [0.25, 0.3) is 0 Å². The van der Waals surface area contributed by atoms with Crippen molar-refractivity contribution in [1.29, 1.82) is 0 Å². The van der Waals surface area contributed by atoms with Gasteiger partial charge < -0.3 is 4.74 Å². The van der Waals surface area contributed by atoms with Crippen LogP contribution in [0.4, 0.5) is 23.7 Å². The van der Waals surface area contributed by atoms with E-state index in [-0.39, 0.29) is 11.4 Å². The number of carbonyl (C=O) groups excluding carboxylic acids is 1. The molecule has 0 fully saturated rings. The zero-order valence-corrected chi connectivity index (χ0v) is 13.9. The summed E-state index contributed by atoms with van der Waals surface area (Å²) in [5.41, 5.74) is 1.36. The highest BCUT2D eigenvalue weighted by Gasteiger charge is 2.30. The molecule has 0 unspecified atom stereocenters. The molecule has 23 heavy (non-hydrogen) atoms. The van der Waals surface area contributed by atoms with Crippen LogP contribution in [0.1, 0.15) is 23.4 Å². The fraction of sp³-hybridized carbons (Fsp3) is 0.538. The molecule has 1 aromatic heterocycles. The first-order valence-corrected chi connectivity index (χ1v) is 7.76. The summed E-state index contributed by atoms with van der Waals surface area (Å²) in [6.45, 7) is -0.480. The van der Waals surface area contributed by atoms with E-state index in [1.807, 2.05) is 0 Å². The normalized spacial score (nSPS) is 14.5. The molecule has 1 aliphatic carbocycles. The van der Waals surface area contributed by atoms with Gasteiger partial charge in [0, 0.05) is 5.69 Å². The fourth-order valence-corrected chi connectivity index (χ4v) is 2.47. The highest BCUT2D eigenvalue weighted by Crippen LogP contribution is 2.31. The van der Waals surface area contributed by atoms with Crippen molar-refractivity contribution in [3.8, 4) is 0 Å². The predicted octanol–water partition coefficient (Wildman–Crippen LogP) is 4.59. The summed E-state index contributed by atoms with van der Waals surface area (Å²) < 4.78 is 40.6. The van der Waals surface area contributed by atoms with E-state index in [0.29, 0.717) is 24.1 Å². The summed E-state index contributed by atoms with van der Waals surface area (Å²) in [5.74, 6) is 0. The largest absolute Gasteiger partial charge is 0.445 e. The van der Waals surface area contributed by atoms with Crippen molar-refractivity contribution in [3.63, 3.8) is 0 Å². The molecule has 1 amide bonds. The number of pyridine rings is 1. The lowest BCUT2D eigenvalue weighted by Gasteiger charge is -2.15. The molecule has 0 bridgehead atoms. The minimum atomic E-state index is -4.38. The maximum absolute atomic E-state index is 12.5. The number of rotatable bonds is 3. The predicted molar refractivity (Wildman–Crippen MR) is 81.3 cm³/mol. The van der Waals surface area contributed by atoms with Crippen molar-refractivity contribution in [2.45, 2.75) is 35.7 Å². The summed E-state index contributed by atoms with van der Waals surface area (Å²) in [7, 11) is 0. The highest BCUT2D eigenvalue weighted by atomic mass is 35.6. The molecule has 0 aromatic carbocycles. The number of hydrogen-bond donors (Lipinski definition) is 1. The summed E-state index contributed by atoms with van der Waals surface area (Å²) >= 11 is 16.4. The van der Waals surface area contributed by atoms with Crippen molar-refractivity contribution in [2.24, 2.45) is 0 Å². The van der Waals surface area contributed by atoms with E-state index in [2.05, 4.69) is 10.3 Å². The lowest BCUT2D eigenvalue weighted by molar-refractivity contribution is -0.127. The molecule has 128 valence electrons. The lowest BCUT2D eigenvalue weighted by Crippen LogP contribution is -2.22. The van der Waals surface area contributed by atoms with Gasteiger partial charge in [0.15, 0.2) is 0 Å². The molecule has 0 aliphatic heterocycles. The molecule has 0 radical (unpaired) electrons. The van der Waals surface area contributed by atoms with Crippen LogP contribution in [0.15, 0.2) is 6.07 Å². The Balaban J connectivity index is 2.15. The Morgan fingerprint density at radius 3 is 2.61 bits per heavy atom. The van der Waals surface area contributed by atoms with Gasteiger partial charge in [-0.1, -0.05) is 34.8 Å². The molecule has 1 heterocycles. The number of carbonyl (C=O) groups is 1. The van der Waals surface area contributed by atoms with E-state index in [9.17, 15) is 18.0 Å². The average molecular weight is 392 g/mol. The van der Waals surface area contributed by atoms with Gasteiger partial charge in [-0.05, 0) is 30.9 Å². The second-order valence-corrected chi connectivity index (χ2v) is 7.56. The number of halogens is 6. The van der Waals surface area contributed by atoms with Gasteiger partial charge in [0.05, 0.1) is 17.8 Å². The number of nitrogens with zero attached hydrogens (tertiary/aromatic N) is 1. The van der Waals surface area contributed by atoms with Gasteiger partial charge in [-0.25, -0.2) is 4.79 Å². The van der Waals surface area contributed by atoms with Crippen LogP contribution in [0, 0.1) is 0 Å². The Morgan fingerprint density at radius 2 is 2.00 bits per heavy atom. The summed E-state index contributed by atoms with van der Waals surface area (Å²) in [6, 6.07) is 1.20. The summed E-state index contributed by atoms with van der Waals surface area (Å²) in [6.07, 6.45) is -4.51. The number of aromatic nitrogens is 1. The van der Waals surface area contributed by atoms with E-state index < -0.39 is 29.1 Å². The molecular weight excluding hydrogens is 380 g/mol. The number of nitrogens with one attached hydrogen (secondary N) is 1. The van der Waals surface area contributed by atoms with Gasteiger partial charge >= 0.3 is 12.3 Å². The van der Waals surface area contributed by atoms with Crippen molar-refractivity contribution < 1.29 is 22.7 Å². The smallest absolute Gasteiger partial charge is 0.411 e. The topological polar surface area (TPSA) is 51.2 Å². The molecule has 0 saturated heterocycles. The molecular formula is C13H12Cl3F3N2O2. The van der Waals surface area contributed by atoms with Gasteiger partial charge in [-0.2, -0.15) is 13.2 Å². The zero-order valence-electron chi connectivity index (χ0n) is 11.6. The standard InChI is InChI=1S/C13H12Cl3F3N2O2/c14-12(15,16)6-23-11(22)21-10-4-7(5-13(17,18)19)20-9-3-1-2-8(9)10/h4H,1-3,5-6H2,(H,20,21,22). The van der Waals surface area contributed by atoms with Gasteiger partial charge in [-0.15, -0.1) is 0 Å². The first-order valence-electron chi connectivity index (χ1n) is 6.62. The van der Waals surface area contributed by atoms with Gasteiger partial charge in [0.1, 0.15) is 6.61 Å². The number of ether oxygens (including phenoxy) is 1. The van der Waals surface area contributed by atoms with Gasteiger partial charge in [-0.3, -0.25) is 10.3 Å². The molecule has 0 spiro atoms. The number of fused-ring (bicyclic) bond motifs is 1. The van der Waals surface area contributed by atoms with Crippen LogP contribution in [-0.2, 0) is 24.0 Å². The van der Waals surface area contributed by atoms with Crippen LogP contribution in [-0.4, -0.2) is 27.7 Å². The van der Waals surface area contributed by atoms with Crippen LogP contribution in [0.5, 0.6) is 0 Å². The summed E-state index contributed by atoms with van der Waals surface area (Å²) in [4.78, 5) is 15.7. The SMILES string of the molecule is O=C(Nc1cc(CC(F)(F)F)nc2c1CCC2)OCC(Cl)(Cl)Cl. The van der Waals surface area contributed by atoms with E-state index in [4.69, 9.17) is 39.5 Å². The molecule has 10 heteroatoms. The fourth-order valence-electron chi connectivity index (χ4n) is 2.30. The molecule has 2 rings (SSSR count). The first kappa shape index (κ1) is 18.4. The Labute approximate surface area is 145 Å². The zero-order chi connectivity index (χ0) is 17.3. The highest BCUT2D eigenvalue weighted by molar-refractivity contribution is 6.67. The van der Waals surface area contributed by atoms with E-state index in [1.54, 1.807) is 0 Å². The molecule has 4 nitrogen and oxygen atoms in total. The average Bonchev–Trinajstić information content (AvgIpc) is 2.82. The molecule has 0 saturated carbocycles. The van der Waals surface area contributed by atoms with Gasteiger partial charge in [0.2, 0.25) is 3.79 Å². The van der Waals surface area contributed by atoms with Crippen molar-refractivity contribution in [1.82, 2.24) is 4.98 Å². The maximum atomic E-state index is 12.5. The van der Waals surface area contributed by atoms with Crippen LogP contribution in [0.3, 0.4) is 0 Å². The third kappa shape index (κ3) is 5.90. The molecule has 1 N–H and O–H groups in total. The number of anilines is 1. The maximum Gasteiger partial charge on any atom is 0.411 e. The number of hydrogen-bond acceptors (Lipinski definition) is 3. The number of aryl methyl sites for hydroxylation is 1. The van der Waals surface area contributed by atoms with E-state index in [1.165, 1.54) is 6.07 Å². The number of amides is 1. The second kappa shape index (κ2) is 6.91. The minimum Gasteiger partial charge on any atom is -0.445 e. The Bertz CT molecular complexity index is 603. The third-order valence-electron chi connectivity index (χ3n) is 3.09. The van der Waals surface area contributed by atoms with Crippen LogP contribution < -0.4 is 5.32 Å². The molecule has 1 aliphatic rings. The monoisotopic (exact) mass is 390 g/mol. The van der Waals surface area contributed by atoms with Crippen LogP contribution in [0.25, 0.3) is 0 Å². The number of alkyl halides is 6. The Hall–Kier alpha value is -0.920. The van der Waals surface area contributed by atoms with Crippen molar-refractivity contribution in [2.75, 3.05) is 11.9 Å². The third-order valence-corrected chi connectivity index (χ3v) is 3.42. The molecule has 1 aromatic rings. The Morgan fingerprint density at radius 1 is 1.30 bits per heavy atom. The van der Waals surface area contributed by atoms with Crippen LogP contribution >= 0.6 is 34.8 Å². The van der Waals surface area contributed by atoms with E-state index >= 15 is 0 Å². The van der Waals surface area contributed by atoms with Crippen molar-refractivity contribution >= 4 is 46.6 Å².